The average molecular weight is 228 g/mol. The van der Waals surface area contributed by atoms with Crippen molar-refractivity contribution in [2.45, 2.75) is 46.5 Å². The van der Waals surface area contributed by atoms with E-state index in [4.69, 9.17) is 0 Å². The van der Waals surface area contributed by atoms with Gasteiger partial charge in [0.2, 0.25) is 0 Å². The molecule has 0 aromatic heterocycles. The van der Waals surface area contributed by atoms with Gasteiger partial charge in [0.05, 0.1) is 0 Å². The van der Waals surface area contributed by atoms with Crippen LogP contribution >= 0.6 is 0 Å². The molecule has 1 aliphatic carbocycles. The standard InChI is InChI=1S/C10H19.Y/c1-4-9-6-8(3)7-10(9)5-2;/h9-10H,4-7H2,1-3H3;/q-1;. The molecule has 1 saturated carbocycles. The summed E-state index contributed by atoms with van der Waals surface area (Å²) in [6, 6.07) is 0. The molecule has 1 radical (unpaired) electrons. The fourth-order valence-electron chi connectivity index (χ4n) is 2.27. The summed E-state index contributed by atoms with van der Waals surface area (Å²) in [7, 11) is 0. The monoisotopic (exact) mass is 228 g/mol. The van der Waals surface area contributed by atoms with Crippen LogP contribution in [0.5, 0.6) is 0 Å². The van der Waals surface area contributed by atoms with Gasteiger partial charge < -0.3 is 5.92 Å². The van der Waals surface area contributed by atoms with E-state index in [1.165, 1.54) is 25.7 Å². The average Bonchev–Trinajstić information content (AvgIpc) is 2.30. The predicted molar refractivity (Wildman–Crippen MR) is 45.7 cm³/mol. The molecule has 63 valence electrons. The van der Waals surface area contributed by atoms with Crippen LogP contribution in [0.1, 0.15) is 46.5 Å². The van der Waals surface area contributed by atoms with E-state index in [0.29, 0.717) is 0 Å². The summed E-state index contributed by atoms with van der Waals surface area (Å²) in [5, 5.41) is 0. The van der Waals surface area contributed by atoms with Gasteiger partial charge in [0, 0.05) is 32.7 Å². The van der Waals surface area contributed by atoms with Crippen molar-refractivity contribution in [3.8, 4) is 0 Å². The van der Waals surface area contributed by atoms with Crippen LogP contribution in [-0.4, -0.2) is 0 Å². The van der Waals surface area contributed by atoms with Gasteiger partial charge in [0.25, 0.3) is 0 Å². The Morgan fingerprint density at radius 2 is 1.45 bits per heavy atom. The van der Waals surface area contributed by atoms with Crippen molar-refractivity contribution in [3.05, 3.63) is 5.92 Å². The molecule has 2 unspecified atom stereocenters. The van der Waals surface area contributed by atoms with E-state index in [1.807, 2.05) is 0 Å². The van der Waals surface area contributed by atoms with E-state index in [9.17, 15) is 0 Å². The van der Waals surface area contributed by atoms with Crippen LogP contribution in [0.15, 0.2) is 0 Å². The molecule has 0 nitrogen and oxygen atoms in total. The summed E-state index contributed by atoms with van der Waals surface area (Å²) in [5.41, 5.74) is 0. The van der Waals surface area contributed by atoms with E-state index in [0.717, 1.165) is 11.8 Å². The second-order valence-corrected chi connectivity index (χ2v) is 3.70. The smallest absolute Gasteiger partial charge is 0 e. The second kappa shape index (κ2) is 5.70. The summed E-state index contributed by atoms with van der Waals surface area (Å²) in [6.07, 6.45) is 5.59. The Kier molecular flexibility index (Phi) is 6.27. The zero-order valence-corrected chi connectivity index (χ0v) is 10.9. The van der Waals surface area contributed by atoms with E-state index in [1.54, 1.807) is 5.92 Å². The largest absolute Gasteiger partial charge is 0.316 e. The summed E-state index contributed by atoms with van der Waals surface area (Å²) < 4.78 is 0. The van der Waals surface area contributed by atoms with Crippen molar-refractivity contribution >= 4 is 0 Å². The molecule has 0 amide bonds. The van der Waals surface area contributed by atoms with Crippen molar-refractivity contribution < 1.29 is 32.7 Å². The van der Waals surface area contributed by atoms with Gasteiger partial charge in [0.1, 0.15) is 0 Å². The molecule has 0 aliphatic heterocycles. The molecule has 0 aromatic carbocycles. The maximum Gasteiger partial charge on any atom is 0 e. The van der Waals surface area contributed by atoms with Crippen LogP contribution in [0.4, 0.5) is 0 Å². The molecule has 0 bridgehead atoms. The molecule has 0 saturated heterocycles. The van der Waals surface area contributed by atoms with Crippen LogP contribution in [0.2, 0.25) is 0 Å². The summed E-state index contributed by atoms with van der Waals surface area (Å²) in [4.78, 5) is 0. The maximum atomic E-state index is 2.33. The van der Waals surface area contributed by atoms with Gasteiger partial charge >= 0.3 is 0 Å². The van der Waals surface area contributed by atoms with Crippen LogP contribution in [0.3, 0.4) is 0 Å². The Balaban J connectivity index is 0.000001000. The molecule has 1 rings (SSSR count). The normalized spacial score (nSPS) is 31.9. The molecule has 1 heteroatoms. The number of hydrogen-bond acceptors (Lipinski definition) is 0. The summed E-state index contributed by atoms with van der Waals surface area (Å²) in [6.45, 7) is 6.97. The fraction of sp³-hybridized carbons (Fsp3) is 0.900. The van der Waals surface area contributed by atoms with Crippen LogP contribution in [0, 0.1) is 17.8 Å². The minimum absolute atomic E-state index is 0. The molecule has 0 heterocycles. The molecule has 0 spiro atoms. The first-order chi connectivity index (χ1) is 4.77. The Morgan fingerprint density at radius 1 is 1.09 bits per heavy atom. The first-order valence-corrected chi connectivity index (χ1v) is 4.59. The fourth-order valence-corrected chi connectivity index (χ4v) is 2.27. The summed E-state index contributed by atoms with van der Waals surface area (Å²) in [5.74, 6) is 3.77. The third-order valence-corrected chi connectivity index (χ3v) is 2.94. The van der Waals surface area contributed by atoms with E-state index < -0.39 is 0 Å². The first-order valence-electron chi connectivity index (χ1n) is 4.59. The van der Waals surface area contributed by atoms with Gasteiger partial charge in [-0.1, -0.05) is 38.5 Å². The molecular formula is C10H19Y-. The molecule has 11 heavy (non-hydrogen) atoms. The molecule has 1 fully saturated rings. The molecule has 1 aliphatic rings. The third kappa shape index (κ3) is 3.15. The molecule has 2 atom stereocenters. The van der Waals surface area contributed by atoms with Gasteiger partial charge in [-0.25, -0.2) is 0 Å². The SMILES string of the molecule is CCC1C[C-](C)CC1CC.[Y]. The maximum absolute atomic E-state index is 2.33. The Morgan fingerprint density at radius 3 is 1.73 bits per heavy atom. The minimum atomic E-state index is 0. The van der Waals surface area contributed by atoms with Crippen molar-refractivity contribution in [3.63, 3.8) is 0 Å². The van der Waals surface area contributed by atoms with Crippen LogP contribution in [-0.2, 0) is 32.7 Å². The van der Waals surface area contributed by atoms with E-state index in [2.05, 4.69) is 20.8 Å². The van der Waals surface area contributed by atoms with Gasteiger partial charge in [-0.2, -0.15) is 19.8 Å². The molecular weight excluding hydrogens is 209 g/mol. The molecule has 0 N–H and O–H groups in total. The topological polar surface area (TPSA) is 0 Å². The van der Waals surface area contributed by atoms with Gasteiger partial charge in [-0.3, -0.25) is 0 Å². The van der Waals surface area contributed by atoms with Crippen LogP contribution in [0.25, 0.3) is 0 Å². The van der Waals surface area contributed by atoms with Crippen molar-refractivity contribution in [2.24, 2.45) is 11.8 Å². The second-order valence-electron chi connectivity index (χ2n) is 3.70. The third-order valence-electron chi connectivity index (χ3n) is 2.94. The number of hydrogen-bond donors (Lipinski definition) is 0. The first kappa shape index (κ1) is 12.1. The summed E-state index contributed by atoms with van der Waals surface area (Å²) >= 11 is 0. The zero-order chi connectivity index (χ0) is 7.56. The predicted octanol–water partition coefficient (Wildman–Crippen LogP) is 3.42. The quantitative estimate of drug-likeness (QED) is 0.635. The van der Waals surface area contributed by atoms with Crippen molar-refractivity contribution in [1.29, 1.82) is 0 Å². The zero-order valence-electron chi connectivity index (χ0n) is 8.06. The van der Waals surface area contributed by atoms with Crippen molar-refractivity contribution in [1.82, 2.24) is 0 Å². The van der Waals surface area contributed by atoms with Gasteiger partial charge in [-0.05, 0) is 0 Å². The van der Waals surface area contributed by atoms with E-state index >= 15 is 0 Å². The van der Waals surface area contributed by atoms with Gasteiger partial charge in [-0.15, -0.1) is 0 Å². The Labute approximate surface area is 96.4 Å². The Bertz CT molecular complexity index is 89.0. The van der Waals surface area contributed by atoms with Crippen LogP contribution < -0.4 is 0 Å². The Hall–Kier alpha value is 1.10. The van der Waals surface area contributed by atoms with Crippen molar-refractivity contribution in [2.75, 3.05) is 0 Å². The van der Waals surface area contributed by atoms with Gasteiger partial charge in [0.15, 0.2) is 0 Å². The molecule has 0 aromatic rings. The number of rotatable bonds is 2. The minimum Gasteiger partial charge on any atom is -0.316 e. The van der Waals surface area contributed by atoms with E-state index in [-0.39, 0.29) is 32.7 Å².